The van der Waals surface area contributed by atoms with Gasteiger partial charge in [0.2, 0.25) is 0 Å². The number of halogens is 1. The number of ether oxygens (including phenoxy) is 3. The second-order valence-electron chi connectivity index (χ2n) is 7.81. The smallest absolute Gasteiger partial charge is 0.191 e. The van der Waals surface area contributed by atoms with Crippen LogP contribution in [0.25, 0.3) is 0 Å². The van der Waals surface area contributed by atoms with E-state index in [-0.39, 0.29) is 24.0 Å². The molecule has 0 aromatic rings. The first-order valence-corrected chi connectivity index (χ1v) is 10.7. The maximum Gasteiger partial charge on any atom is 0.191 e. The Hall–Kier alpha value is -0.160. The minimum absolute atomic E-state index is 0. The molecule has 0 aliphatic carbocycles. The molecule has 166 valence electrons. The van der Waals surface area contributed by atoms with E-state index < -0.39 is 0 Å². The highest BCUT2D eigenvalue weighted by atomic mass is 127. The number of nitrogens with one attached hydrogen (secondary N) is 2. The molecule has 7 nitrogen and oxygen atoms in total. The molecule has 0 saturated carbocycles. The molecule has 28 heavy (non-hydrogen) atoms. The summed E-state index contributed by atoms with van der Waals surface area (Å²) in [6.07, 6.45) is 2.12. The number of aliphatic imine (C=N–C) groups is 1. The van der Waals surface area contributed by atoms with Gasteiger partial charge >= 0.3 is 0 Å². The van der Waals surface area contributed by atoms with E-state index in [0.717, 1.165) is 91.2 Å². The number of hydrogen-bond donors (Lipinski definition) is 2. The van der Waals surface area contributed by atoms with E-state index in [2.05, 4.69) is 36.3 Å². The molecular weight excluding hydrogens is 471 g/mol. The quantitative estimate of drug-likeness (QED) is 0.191. The van der Waals surface area contributed by atoms with E-state index in [1.54, 1.807) is 0 Å². The summed E-state index contributed by atoms with van der Waals surface area (Å²) in [7, 11) is 0. The van der Waals surface area contributed by atoms with Crippen molar-refractivity contribution in [2.45, 2.75) is 39.7 Å². The lowest BCUT2D eigenvalue weighted by molar-refractivity contribution is 0.00368. The third kappa shape index (κ3) is 10.0. The monoisotopic (exact) mass is 512 g/mol. The van der Waals surface area contributed by atoms with Crippen LogP contribution in [0.4, 0.5) is 0 Å². The summed E-state index contributed by atoms with van der Waals surface area (Å²) in [5.41, 5.74) is 0. The fourth-order valence-electron chi connectivity index (χ4n) is 3.55. The summed E-state index contributed by atoms with van der Waals surface area (Å²) in [6.45, 7) is 16.0. The molecule has 0 spiro atoms. The molecular formula is C20H41IN4O3. The molecule has 0 aromatic carbocycles. The minimum atomic E-state index is 0. The summed E-state index contributed by atoms with van der Waals surface area (Å²) in [5, 5.41) is 6.81. The van der Waals surface area contributed by atoms with E-state index in [0.29, 0.717) is 17.9 Å². The lowest BCUT2D eigenvalue weighted by Crippen LogP contribution is -2.49. The van der Waals surface area contributed by atoms with Gasteiger partial charge in [-0.25, -0.2) is 0 Å². The molecule has 0 aromatic heterocycles. The average Bonchev–Trinajstić information content (AvgIpc) is 3.19. The number of morpholine rings is 1. The van der Waals surface area contributed by atoms with Gasteiger partial charge < -0.3 is 24.8 Å². The van der Waals surface area contributed by atoms with Crippen molar-refractivity contribution in [3.63, 3.8) is 0 Å². The van der Waals surface area contributed by atoms with Crippen LogP contribution in [0, 0.1) is 11.8 Å². The zero-order chi connectivity index (χ0) is 19.3. The Morgan fingerprint density at radius 3 is 2.61 bits per heavy atom. The molecule has 8 heteroatoms. The molecule has 2 aliphatic rings. The van der Waals surface area contributed by atoms with Crippen LogP contribution in [0.15, 0.2) is 4.99 Å². The topological polar surface area (TPSA) is 67.4 Å². The summed E-state index contributed by atoms with van der Waals surface area (Å²) in [5.74, 6) is 2.06. The Morgan fingerprint density at radius 2 is 1.96 bits per heavy atom. The lowest BCUT2D eigenvalue weighted by atomic mass is 9.97. The van der Waals surface area contributed by atoms with Gasteiger partial charge in [0.25, 0.3) is 0 Å². The maximum absolute atomic E-state index is 5.65. The van der Waals surface area contributed by atoms with Gasteiger partial charge in [-0.05, 0) is 25.7 Å². The number of hydrogen-bond acceptors (Lipinski definition) is 5. The van der Waals surface area contributed by atoms with E-state index >= 15 is 0 Å². The predicted molar refractivity (Wildman–Crippen MR) is 125 cm³/mol. The number of nitrogens with zero attached hydrogens (tertiary/aromatic N) is 2. The van der Waals surface area contributed by atoms with Gasteiger partial charge in [-0.2, -0.15) is 0 Å². The predicted octanol–water partition coefficient (Wildman–Crippen LogP) is 1.96. The standard InChI is InChI=1S/C20H40N4O3.HI/c1-4-21-20(22-7-5-10-26-15-17(2)3)23-14-19(18-6-11-27-16-18)24-8-12-25-13-9-24;/h17-19H,4-16H2,1-3H3,(H2,21,22,23);1H. The van der Waals surface area contributed by atoms with Crippen molar-refractivity contribution in [3.8, 4) is 0 Å². The Morgan fingerprint density at radius 1 is 1.18 bits per heavy atom. The first-order chi connectivity index (χ1) is 13.2. The Labute approximate surface area is 188 Å². The van der Waals surface area contributed by atoms with E-state index in [4.69, 9.17) is 19.2 Å². The molecule has 2 heterocycles. The van der Waals surface area contributed by atoms with Gasteiger partial charge in [0.1, 0.15) is 0 Å². The molecule has 2 N–H and O–H groups in total. The van der Waals surface area contributed by atoms with Crippen molar-refractivity contribution in [2.24, 2.45) is 16.8 Å². The molecule has 2 aliphatic heterocycles. The van der Waals surface area contributed by atoms with Gasteiger partial charge in [0.05, 0.1) is 26.4 Å². The lowest BCUT2D eigenvalue weighted by Gasteiger charge is -2.36. The normalized spacial score (nSPS) is 22.1. The molecule has 2 fully saturated rings. The zero-order valence-electron chi connectivity index (χ0n) is 18.0. The van der Waals surface area contributed by atoms with Crippen LogP contribution in [0.5, 0.6) is 0 Å². The second-order valence-corrected chi connectivity index (χ2v) is 7.81. The summed E-state index contributed by atoms with van der Waals surface area (Å²) < 4.78 is 16.8. The van der Waals surface area contributed by atoms with E-state index in [9.17, 15) is 0 Å². The fourth-order valence-corrected chi connectivity index (χ4v) is 3.55. The zero-order valence-corrected chi connectivity index (χ0v) is 20.3. The van der Waals surface area contributed by atoms with Crippen LogP contribution in [0.3, 0.4) is 0 Å². The van der Waals surface area contributed by atoms with Gasteiger partial charge in [-0.15, -0.1) is 24.0 Å². The highest BCUT2D eigenvalue weighted by Gasteiger charge is 2.31. The SMILES string of the molecule is CCNC(=NCC(C1CCOC1)N1CCOCC1)NCCCOCC(C)C.I. The third-order valence-electron chi connectivity index (χ3n) is 5.01. The Bertz CT molecular complexity index is 414. The highest BCUT2D eigenvalue weighted by Crippen LogP contribution is 2.22. The first kappa shape index (κ1) is 25.9. The Balaban J connectivity index is 0.00000392. The molecule has 0 bridgehead atoms. The second kappa shape index (κ2) is 15.6. The van der Waals surface area contributed by atoms with Gasteiger partial charge in [0.15, 0.2) is 5.96 Å². The maximum atomic E-state index is 5.65. The fraction of sp³-hybridized carbons (Fsp3) is 0.950. The first-order valence-electron chi connectivity index (χ1n) is 10.7. The molecule has 2 atom stereocenters. The summed E-state index contributed by atoms with van der Waals surface area (Å²) in [6, 6.07) is 0.432. The van der Waals surface area contributed by atoms with Crippen molar-refractivity contribution in [3.05, 3.63) is 0 Å². The highest BCUT2D eigenvalue weighted by molar-refractivity contribution is 14.0. The third-order valence-corrected chi connectivity index (χ3v) is 5.01. The van der Waals surface area contributed by atoms with Crippen LogP contribution in [0.1, 0.15) is 33.6 Å². The van der Waals surface area contributed by atoms with Crippen LogP contribution < -0.4 is 10.6 Å². The molecule has 0 radical (unpaired) electrons. The van der Waals surface area contributed by atoms with Crippen molar-refractivity contribution < 1.29 is 14.2 Å². The summed E-state index contributed by atoms with van der Waals surface area (Å²) in [4.78, 5) is 7.43. The van der Waals surface area contributed by atoms with E-state index in [1.165, 1.54) is 0 Å². The number of rotatable bonds is 11. The molecule has 0 amide bonds. The van der Waals surface area contributed by atoms with Gasteiger partial charge in [0, 0.05) is 58.0 Å². The largest absolute Gasteiger partial charge is 0.381 e. The van der Waals surface area contributed by atoms with Crippen LogP contribution in [-0.2, 0) is 14.2 Å². The molecule has 2 unspecified atom stereocenters. The average molecular weight is 512 g/mol. The van der Waals surface area contributed by atoms with Crippen molar-refractivity contribution in [1.29, 1.82) is 0 Å². The summed E-state index contributed by atoms with van der Waals surface area (Å²) >= 11 is 0. The van der Waals surface area contributed by atoms with Crippen LogP contribution in [-0.4, -0.2) is 89.3 Å². The molecule has 2 saturated heterocycles. The number of guanidine groups is 1. The van der Waals surface area contributed by atoms with Crippen molar-refractivity contribution >= 4 is 29.9 Å². The molecule has 2 rings (SSSR count). The van der Waals surface area contributed by atoms with Crippen molar-refractivity contribution in [2.75, 3.05) is 72.4 Å². The van der Waals surface area contributed by atoms with Gasteiger partial charge in [-0.1, -0.05) is 13.8 Å². The van der Waals surface area contributed by atoms with E-state index in [1.807, 2.05) is 0 Å². The Kier molecular flexibility index (Phi) is 14.5. The van der Waals surface area contributed by atoms with Crippen LogP contribution in [0.2, 0.25) is 0 Å². The van der Waals surface area contributed by atoms with Gasteiger partial charge in [-0.3, -0.25) is 9.89 Å². The van der Waals surface area contributed by atoms with Crippen molar-refractivity contribution in [1.82, 2.24) is 15.5 Å². The van der Waals surface area contributed by atoms with Crippen LogP contribution >= 0.6 is 24.0 Å². The minimum Gasteiger partial charge on any atom is -0.381 e.